The van der Waals surface area contributed by atoms with Crippen LogP contribution in [0.4, 0.5) is 0 Å². The van der Waals surface area contributed by atoms with Gasteiger partial charge in [0.15, 0.2) is 0 Å². The second-order valence-electron chi connectivity index (χ2n) is 6.41. The zero-order chi connectivity index (χ0) is 15.7. The molecule has 2 fully saturated rings. The molecule has 0 bridgehead atoms. The van der Waals surface area contributed by atoms with Crippen LogP contribution < -0.4 is 5.32 Å². The predicted octanol–water partition coefficient (Wildman–Crippen LogP) is 2.50. The summed E-state index contributed by atoms with van der Waals surface area (Å²) in [6.45, 7) is 3.35. The molecule has 1 saturated heterocycles. The number of likely N-dealkylation sites (tertiary alicyclic amines) is 1. The topological polar surface area (TPSA) is 49.4 Å². The summed E-state index contributed by atoms with van der Waals surface area (Å²) in [5, 5.41) is 3.73. The van der Waals surface area contributed by atoms with Gasteiger partial charge in [-0.1, -0.05) is 23.7 Å². The molecule has 1 aliphatic heterocycles. The van der Waals surface area contributed by atoms with Crippen molar-refractivity contribution >= 4 is 23.4 Å². The van der Waals surface area contributed by atoms with E-state index in [1.165, 1.54) is 0 Å². The van der Waals surface area contributed by atoms with Gasteiger partial charge in [-0.2, -0.15) is 0 Å². The fourth-order valence-corrected chi connectivity index (χ4v) is 3.38. The highest BCUT2D eigenvalue weighted by Crippen LogP contribution is 2.48. The lowest BCUT2D eigenvalue weighted by Crippen LogP contribution is -2.46. The molecule has 4 nitrogen and oxygen atoms in total. The second-order valence-corrected chi connectivity index (χ2v) is 6.85. The maximum absolute atomic E-state index is 12.6. The van der Waals surface area contributed by atoms with E-state index < -0.39 is 5.41 Å². The van der Waals surface area contributed by atoms with E-state index in [9.17, 15) is 9.59 Å². The molecule has 118 valence electrons. The molecule has 1 aromatic carbocycles. The van der Waals surface area contributed by atoms with Crippen LogP contribution in [-0.2, 0) is 15.0 Å². The molecule has 1 aromatic rings. The fourth-order valence-electron chi connectivity index (χ4n) is 3.19. The van der Waals surface area contributed by atoms with Crippen LogP contribution in [0.3, 0.4) is 0 Å². The minimum Gasteiger partial charge on any atom is -0.351 e. The minimum absolute atomic E-state index is 0.0359. The van der Waals surface area contributed by atoms with E-state index in [2.05, 4.69) is 5.32 Å². The number of nitrogens with one attached hydrogen (secondary N) is 1. The van der Waals surface area contributed by atoms with E-state index in [1.807, 2.05) is 36.1 Å². The summed E-state index contributed by atoms with van der Waals surface area (Å²) in [6, 6.07) is 7.51. The van der Waals surface area contributed by atoms with Crippen LogP contribution in [0, 0.1) is 0 Å². The van der Waals surface area contributed by atoms with Gasteiger partial charge in [0.25, 0.3) is 0 Å². The predicted molar refractivity (Wildman–Crippen MR) is 85.8 cm³/mol. The number of nitrogens with zero attached hydrogens (tertiary/aromatic N) is 1. The molecule has 1 atom stereocenters. The zero-order valence-electron chi connectivity index (χ0n) is 12.8. The largest absolute Gasteiger partial charge is 0.351 e. The first-order valence-electron chi connectivity index (χ1n) is 7.86. The highest BCUT2D eigenvalue weighted by atomic mass is 35.5. The lowest BCUT2D eigenvalue weighted by Gasteiger charge is -2.24. The van der Waals surface area contributed by atoms with Gasteiger partial charge in [-0.05, 0) is 43.9 Å². The summed E-state index contributed by atoms with van der Waals surface area (Å²) >= 11 is 6.04. The van der Waals surface area contributed by atoms with Crippen molar-refractivity contribution in [2.24, 2.45) is 0 Å². The van der Waals surface area contributed by atoms with Crippen LogP contribution in [0.15, 0.2) is 24.3 Å². The molecule has 1 heterocycles. The third-order valence-electron chi connectivity index (χ3n) is 4.60. The third kappa shape index (κ3) is 2.98. The SMILES string of the molecule is C[C@H](CN1CCCC1=O)NC(=O)C1(c2cccc(Cl)c2)CC1. The van der Waals surface area contributed by atoms with Crippen molar-refractivity contribution in [1.82, 2.24) is 10.2 Å². The summed E-state index contributed by atoms with van der Waals surface area (Å²) in [5.41, 5.74) is 0.565. The van der Waals surface area contributed by atoms with Gasteiger partial charge in [-0.3, -0.25) is 9.59 Å². The van der Waals surface area contributed by atoms with Gasteiger partial charge in [-0.25, -0.2) is 0 Å². The van der Waals surface area contributed by atoms with Crippen molar-refractivity contribution in [1.29, 1.82) is 0 Å². The molecule has 2 aliphatic rings. The lowest BCUT2D eigenvalue weighted by atomic mass is 9.94. The van der Waals surface area contributed by atoms with Gasteiger partial charge < -0.3 is 10.2 Å². The summed E-state index contributed by atoms with van der Waals surface area (Å²) < 4.78 is 0. The van der Waals surface area contributed by atoms with Gasteiger partial charge in [0, 0.05) is 30.6 Å². The van der Waals surface area contributed by atoms with E-state index in [0.29, 0.717) is 18.0 Å². The molecule has 22 heavy (non-hydrogen) atoms. The Balaban J connectivity index is 1.63. The van der Waals surface area contributed by atoms with Gasteiger partial charge >= 0.3 is 0 Å². The Kier molecular flexibility index (Phi) is 4.13. The van der Waals surface area contributed by atoms with Crippen molar-refractivity contribution in [3.05, 3.63) is 34.9 Å². The highest BCUT2D eigenvalue weighted by molar-refractivity contribution is 6.30. The summed E-state index contributed by atoms with van der Waals surface area (Å²) in [4.78, 5) is 26.1. The fraction of sp³-hybridized carbons (Fsp3) is 0.529. The van der Waals surface area contributed by atoms with Crippen molar-refractivity contribution in [3.63, 3.8) is 0 Å². The minimum atomic E-state index is -0.422. The molecule has 3 rings (SSSR count). The Morgan fingerprint density at radius 3 is 2.82 bits per heavy atom. The maximum atomic E-state index is 12.6. The first kappa shape index (κ1) is 15.3. The molecule has 0 radical (unpaired) electrons. The molecule has 0 spiro atoms. The van der Waals surface area contributed by atoms with Crippen LogP contribution in [0.25, 0.3) is 0 Å². The number of rotatable bonds is 5. The second kappa shape index (κ2) is 5.92. The standard InChI is InChI=1S/C17H21ClN2O2/c1-12(11-20-9-3-6-15(20)21)19-16(22)17(7-8-17)13-4-2-5-14(18)10-13/h2,4-5,10,12H,3,6-9,11H2,1H3,(H,19,22)/t12-/m1/s1. The van der Waals surface area contributed by atoms with Gasteiger partial charge in [0.2, 0.25) is 11.8 Å². The number of halogens is 1. The van der Waals surface area contributed by atoms with E-state index in [0.717, 1.165) is 31.4 Å². The zero-order valence-corrected chi connectivity index (χ0v) is 13.5. The maximum Gasteiger partial charge on any atom is 0.230 e. The average molecular weight is 321 g/mol. The molecule has 1 saturated carbocycles. The summed E-state index contributed by atoms with van der Waals surface area (Å²) in [5.74, 6) is 0.242. The van der Waals surface area contributed by atoms with Gasteiger partial charge in [0.1, 0.15) is 0 Å². The molecule has 1 aliphatic carbocycles. The van der Waals surface area contributed by atoms with E-state index in [1.54, 1.807) is 0 Å². The van der Waals surface area contributed by atoms with Crippen LogP contribution in [0.5, 0.6) is 0 Å². The summed E-state index contributed by atoms with van der Waals surface area (Å²) in [7, 11) is 0. The highest BCUT2D eigenvalue weighted by Gasteiger charge is 2.51. The third-order valence-corrected chi connectivity index (χ3v) is 4.84. The van der Waals surface area contributed by atoms with Crippen molar-refractivity contribution in [2.75, 3.05) is 13.1 Å². The number of hydrogen-bond acceptors (Lipinski definition) is 2. The number of carbonyl (C=O) groups is 2. The smallest absolute Gasteiger partial charge is 0.230 e. The lowest BCUT2D eigenvalue weighted by molar-refractivity contribution is -0.129. The van der Waals surface area contributed by atoms with Crippen molar-refractivity contribution in [2.45, 2.75) is 44.1 Å². The molecular formula is C17H21ClN2O2. The number of benzene rings is 1. The van der Waals surface area contributed by atoms with Crippen LogP contribution in [-0.4, -0.2) is 35.8 Å². The summed E-state index contributed by atoms with van der Waals surface area (Å²) in [6.07, 6.45) is 3.27. The Labute approximate surface area is 135 Å². The van der Waals surface area contributed by atoms with Crippen LogP contribution >= 0.6 is 11.6 Å². The first-order valence-corrected chi connectivity index (χ1v) is 8.24. The van der Waals surface area contributed by atoms with Crippen LogP contribution in [0.2, 0.25) is 5.02 Å². The Morgan fingerprint density at radius 2 is 2.23 bits per heavy atom. The monoisotopic (exact) mass is 320 g/mol. The Bertz CT molecular complexity index is 598. The normalized spacial score (nSPS) is 20.8. The van der Waals surface area contributed by atoms with Crippen molar-refractivity contribution in [3.8, 4) is 0 Å². The van der Waals surface area contributed by atoms with E-state index >= 15 is 0 Å². The van der Waals surface area contributed by atoms with Gasteiger partial charge in [-0.15, -0.1) is 0 Å². The van der Waals surface area contributed by atoms with Crippen LogP contribution in [0.1, 0.15) is 38.2 Å². The average Bonchev–Trinajstić information content (AvgIpc) is 3.20. The van der Waals surface area contributed by atoms with Gasteiger partial charge in [0.05, 0.1) is 5.41 Å². The van der Waals surface area contributed by atoms with E-state index in [-0.39, 0.29) is 17.9 Å². The number of amides is 2. The number of carbonyl (C=O) groups excluding carboxylic acids is 2. The Morgan fingerprint density at radius 1 is 1.45 bits per heavy atom. The van der Waals surface area contributed by atoms with Crippen molar-refractivity contribution < 1.29 is 9.59 Å². The molecule has 1 N–H and O–H groups in total. The number of hydrogen-bond donors (Lipinski definition) is 1. The molecule has 0 aromatic heterocycles. The molecular weight excluding hydrogens is 300 g/mol. The molecule has 2 amide bonds. The Hall–Kier alpha value is -1.55. The molecule has 5 heteroatoms. The quantitative estimate of drug-likeness (QED) is 0.906. The molecule has 0 unspecified atom stereocenters. The van der Waals surface area contributed by atoms with E-state index in [4.69, 9.17) is 11.6 Å². The first-order chi connectivity index (χ1) is 10.5.